The summed E-state index contributed by atoms with van der Waals surface area (Å²) in [5.74, 6) is 0. The first kappa shape index (κ1) is 9.03. The Kier molecular flexibility index (Phi) is 2.37. The van der Waals surface area contributed by atoms with Crippen LogP contribution >= 0.6 is 0 Å². The molecule has 14 heavy (non-hydrogen) atoms. The molecule has 72 valence electrons. The third-order valence-corrected chi connectivity index (χ3v) is 2.29. The maximum absolute atomic E-state index is 5.85. The molecule has 0 radical (unpaired) electrons. The lowest BCUT2D eigenvalue weighted by Crippen LogP contribution is -1.89. The lowest BCUT2D eigenvalue weighted by Gasteiger charge is -2.04. The smallest absolute Gasteiger partial charge is 0.0713 e. The highest BCUT2D eigenvalue weighted by atomic mass is 16.5. The molecule has 0 atom stereocenters. The Morgan fingerprint density at radius 3 is 2.86 bits per heavy atom. The van der Waals surface area contributed by atoms with Gasteiger partial charge in [-0.3, -0.25) is 0 Å². The van der Waals surface area contributed by atoms with E-state index >= 15 is 0 Å². The zero-order valence-corrected chi connectivity index (χ0v) is 8.16. The summed E-state index contributed by atoms with van der Waals surface area (Å²) < 4.78 is 5.08. The molecular formula is C12H13NO. The summed E-state index contributed by atoms with van der Waals surface area (Å²) in [6.07, 6.45) is 0. The summed E-state index contributed by atoms with van der Waals surface area (Å²) in [6, 6.07) is 12.1. The number of hydrogen-bond donors (Lipinski definition) is 1. The van der Waals surface area contributed by atoms with Crippen molar-refractivity contribution in [2.24, 2.45) is 0 Å². The number of nitrogen functional groups attached to an aromatic ring is 1. The number of anilines is 1. The summed E-state index contributed by atoms with van der Waals surface area (Å²) in [5, 5.41) is 2.27. The number of nitrogens with two attached hydrogens (primary N) is 1. The molecular weight excluding hydrogens is 174 g/mol. The Balaban J connectivity index is 2.56. The van der Waals surface area contributed by atoms with E-state index in [-0.39, 0.29) is 0 Å². The van der Waals surface area contributed by atoms with Crippen LogP contribution in [0.2, 0.25) is 0 Å². The largest absolute Gasteiger partial charge is 0.398 e. The average Bonchev–Trinajstić information content (AvgIpc) is 2.18. The number of rotatable bonds is 2. The molecule has 0 aromatic heterocycles. The second-order valence-electron chi connectivity index (χ2n) is 3.34. The zero-order chi connectivity index (χ0) is 9.97. The maximum atomic E-state index is 5.85. The van der Waals surface area contributed by atoms with Gasteiger partial charge in [0.15, 0.2) is 0 Å². The van der Waals surface area contributed by atoms with Crippen LogP contribution in [-0.2, 0) is 11.3 Å². The fourth-order valence-corrected chi connectivity index (χ4v) is 1.61. The highest BCUT2D eigenvalue weighted by Gasteiger charge is 1.98. The minimum atomic E-state index is 0.644. The molecule has 2 aromatic carbocycles. The van der Waals surface area contributed by atoms with Gasteiger partial charge in [-0.15, -0.1) is 0 Å². The van der Waals surface area contributed by atoms with Gasteiger partial charge in [0, 0.05) is 18.2 Å². The van der Waals surface area contributed by atoms with E-state index < -0.39 is 0 Å². The van der Waals surface area contributed by atoms with Crippen molar-refractivity contribution < 1.29 is 4.74 Å². The van der Waals surface area contributed by atoms with Crippen LogP contribution in [-0.4, -0.2) is 7.11 Å². The van der Waals surface area contributed by atoms with Crippen molar-refractivity contribution in [3.63, 3.8) is 0 Å². The predicted octanol–water partition coefficient (Wildman–Crippen LogP) is 2.57. The minimum absolute atomic E-state index is 0.644. The monoisotopic (exact) mass is 187 g/mol. The molecule has 2 N–H and O–H groups in total. The van der Waals surface area contributed by atoms with E-state index in [2.05, 4.69) is 12.1 Å². The van der Waals surface area contributed by atoms with E-state index in [4.69, 9.17) is 10.5 Å². The second kappa shape index (κ2) is 3.68. The number of benzene rings is 2. The molecule has 0 amide bonds. The quantitative estimate of drug-likeness (QED) is 0.733. The van der Waals surface area contributed by atoms with Gasteiger partial charge >= 0.3 is 0 Å². The molecule has 0 unspecified atom stereocenters. The SMILES string of the molecule is COCc1ccc2c(N)cccc2c1. The van der Waals surface area contributed by atoms with Gasteiger partial charge in [0.1, 0.15) is 0 Å². The van der Waals surface area contributed by atoms with Gasteiger partial charge in [0.25, 0.3) is 0 Å². The molecule has 0 saturated carbocycles. The zero-order valence-electron chi connectivity index (χ0n) is 8.16. The van der Waals surface area contributed by atoms with Crippen LogP contribution < -0.4 is 5.73 Å². The van der Waals surface area contributed by atoms with Gasteiger partial charge in [-0.1, -0.05) is 24.3 Å². The van der Waals surface area contributed by atoms with Gasteiger partial charge in [-0.05, 0) is 23.1 Å². The second-order valence-corrected chi connectivity index (χ2v) is 3.34. The van der Waals surface area contributed by atoms with Crippen molar-refractivity contribution in [1.82, 2.24) is 0 Å². The maximum Gasteiger partial charge on any atom is 0.0713 e. The fraction of sp³-hybridized carbons (Fsp3) is 0.167. The number of methoxy groups -OCH3 is 1. The Hall–Kier alpha value is -1.54. The standard InChI is InChI=1S/C12H13NO/c1-14-8-9-5-6-11-10(7-9)3-2-4-12(11)13/h2-7H,8,13H2,1H3. The topological polar surface area (TPSA) is 35.2 Å². The van der Waals surface area contributed by atoms with Crippen LogP contribution in [0.3, 0.4) is 0 Å². The first-order valence-corrected chi connectivity index (χ1v) is 4.57. The molecule has 0 bridgehead atoms. The molecule has 0 fully saturated rings. The third kappa shape index (κ3) is 1.56. The molecule has 0 spiro atoms. The Morgan fingerprint density at radius 1 is 1.21 bits per heavy atom. The normalized spacial score (nSPS) is 10.6. The molecule has 0 aliphatic rings. The van der Waals surface area contributed by atoms with Gasteiger partial charge in [0.2, 0.25) is 0 Å². The van der Waals surface area contributed by atoms with Gasteiger partial charge < -0.3 is 10.5 Å². The highest BCUT2D eigenvalue weighted by molar-refractivity contribution is 5.93. The lowest BCUT2D eigenvalue weighted by atomic mass is 10.1. The molecule has 0 saturated heterocycles. The van der Waals surface area contributed by atoms with Crippen LogP contribution in [0.1, 0.15) is 5.56 Å². The van der Waals surface area contributed by atoms with E-state index in [0.717, 1.165) is 11.1 Å². The Labute approximate surface area is 83.3 Å². The molecule has 2 rings (SSSR count). The van der Waals surface area contributed by atoms with Crippen molar-refractivity contribution in [1.29, 1.82) is 0 Å². The van der Waals surface area contributed by atoms with Crippen LogP contribution in [0.15, 0.2) is 36.4 Å². The summed E-state index contributed by atoms with van der Waals surface area (Å²) in [7, 11) is 1.70. The predicted molar refractivity (Wildman–Crippen MR) is 59.1 cm³/mol. The van der Waals surface area contributed by atoms with E-state index in [1.807, 2.05) is 24.3 Å². The lowest BCUT2D eigenvalue weighted by molar-refractivity contribution is 0.185. The van der Waals surface area contributed by atoms with Crippen LogP contribution in [0, 0.1) is 0 Å². The molecule has 2 nitrogen and oxygen atoms in total. The third-order valence-electron chi connectivity index (χ3n) is 2.29. The van der Waals surface area contributed by atoms with Crippen molar-refractivity contribution in [3.8, 4) is 0 Å². The summed E-state index contributed by atoms with van der Waals surface area (Å²) in [6.45, 7) is 0.644. The first-order chi connectivity index (χ1) is 6.81. The molecule has 0 heterocycles. The van der Waals surface area contributed by atoms with Gasteiger partial charge in [-0.2, -0.15) is 0 Å². The Bertz CT molecular complexity index is 451. The number of hydrogen-bond acceptors (Lipinski definition) is 2. The van der Waals surface area contributed by atoms with Gasteiger partial charge in [0.05, 0.1) is 6.61 Å². The van der Waals surface area contributed by atoms with E-state index in [1.54, 1.807) is 7.11 Å². The summed E-state index contributed by atoms with van der Waals surface area (Å²) >= 11 is 0. The van der Waals surface area contributed by atoms with Gasteiger partial charge in [-0.25, -0.2) is 0 Å². The molecule has 0 aliphatic carbocycles. The van der Waals surface area contributed by atoms with Crippen molar-refractivity contribution >= 4 is 16.5 Å². The van der Waals surface area contributed by atoms with E-state index in [9.17, 15) is 0 Å². The fourth-order valence-electron chi connectivity index (χ4n) is 1.61. The highest BCUT2D eigenvalue weighted by Crippen LogP contribution is 2.21. The molecule has 0 aliphatic heterocycles. The van der Waals surface area contributed by atoms with E-state index in [0.29, 0.717) is 6.61 Å². The summed E-state index contributed by atoms with van der Waals surface area (Å²) in [5.41, 5.74) is 7.85. The number of fused-ring (bicyclic) bond motifs is 1. The number of ether oxygens (including phenoxy) is 1. The first-order valence-electron chi connectivity index (χ1n) is 4.57. The van der Waals surface area contributed by atoms with Crippen LogP contribution in [0.4, 0.5) is 5.69 Å². The molecule has 2 heteroatoms. The average molecular weight is 187 g/mol. The van der Waals surface area contributed by atoms with Crippen molar-refractivity contribution in [3.05, 3.63) is 42.0 Å². The Morgan fingerprint density at radius 2 is 2.07 bits per heavy atom. The van der Waals surface area contributed by atoms with E-state index in [1.165, 1.54) is 10.9 Å². The minimum Gasteiger partial charge on any atom is -0.398 e. The molecule has 2 aromatic rings. The summed E-state index contributed by atoms with van der Waals surface area (Å²) in [4.78, 5) is 0. The van der Waals surface area contributed by atoms with Crippen LogP contribution in [0.25, 0.3) is 10.8 Å². The van der Waals surface area contributed by atoms with Crippen molar-refractivity contribution in [2.75, 3.05) is 12.8 Å². The van der Waals surface area contributed by atoms with Crippen LogP contribution in [0.5, 0.6) is 0 Å². The van der Waals surface area contributed by atoms with Crippen molar-refractivity contribution in [2.45, 2.75) is 6.61 Å².